The van der Waals surface area contributed by atoms with Gasteiger partial charge in [-0.3, -0.25) is 0 Å². The van der Waals surface area contributed by atoms with Crippen molar-refractivity contribution in [3.05, 3.63) is 57.0 Å². The van der Waals surface area contributed by atoms with E-state index in [4.69, 9.17) is 0 Å². The van der Waals surface area contributed by atoms with Crippen molar-refractivity contribution < 1.29 is 4.39 Å². The molecule has 5 heteroatoms. The zero-order valence-corrected chi connectivity index (χ0v) is 11.9. The van der Waals surface area contributed by atoms with Crippen molar-refractivity contribution in [2.75, 3.05) is 5.32 Å². The van der Waals surface area contributed by atoms with E-state index in [1.54, 1.807) is 12.3 Å². The van der Waals surface area contributed by atoms with Gasteiger partial charge < -0.3 is 5.32 Å². The second kappa shape index (κ2) is 5.60. The topological polar surface area (TPSA) is 24.9 Å². The molecule has 0 aliphatic carbocycles. The molecule has 0 atom stereocenters. The first-order valence-corrected chi connectivity index (χ1v) is 6.54. The molecular formula is C12H9Br2FN2. The third-order valence-electron chi connectivity index (χ3n) is 2.24. The maximum Gasteiger partial charge on any atom is 0.129 e. The van der Waals surface area contributed by atoms with Crippen LogP contribution in [0.2, 0.25) is 0 Å². The molecule has 1 aromatic heterocycles. The van der Waals surface area contributed by atoms with Gasteiger partial charge in [0.1, 0.15) is 10.4 Å². The third kappa shape index (κ3) is 3.26. The summed E-state index contributed by atoms with van der Waals surface area (Å²) in [7, 11) is 0. The lowest BCUT2D eigenvalue weighted by Gasteiger charge is -2.08. The summed E-state index contributed by atoms with van der Waals surface area (Å²) >= 11 is 6.55. The number of nitrogens with one attached hydrogen (secondary N) is 1. The Morgan fingerprint density at radius 2 is 2.06 bits per heavy atom. The van der Waals surface area contributed by atoms with Crippen LogP contribution in [0.15, 0.2) is 45.6 Å². The summed E-state index contributed by atoms with van der Waals surface area (Å²) in [4.78, 5) is 4.08. The molecule has 1 heterocycles. The number of rotatable bonds is 3. The fourth-order valence-electron chi connectivity index (χ4n) is 1.37. The Labute approximate surface area is 116 Å². The Morgan fingerprint density at radius 3 is 2.76 bits per heavy atom. The molecule has 0 aliphatic heterocycles. The third-order valence-corrected chi connectivity index (χ3v) is 3.37. The molecule has 2 aromatic rings. The summed E-state index contributed by atoms with van der Waals surface area (Å²) < 4.78 is 15.0. The smallest absolute Gasteiger partial charge is 0.129 e. The van der Waals surface area contributed by atoms with E-state index >= 15 is 0 Å². The number of halogens is 3. The van der Waals surface area contributed by atoms with E-state index < -0.39 is 0 Å². The van der Waals surface area contributed by atoms with Gasteiger partial charge in [0.25, 0.3) is 0 Å². The fraction of sp³-hybridized carbons (Fsp3) is 0.0833. The lowest BCUT2D eigenvalue weighted by atomic mass is 10.2. The quantitative estimate of drug-likeness (QED) is 0.823. The van der Waals surface area contributed by atoms with Crippen LogP contribution in [0.3, 0.4) is 0 Å². The SMILES string of the molecule is Fc1cc(Br)ccc1CNc1cccnc1Br. The van der Waals surface area contributed by atoms with Gasteiger partial charge in [0.15, 0.2) is 0 Å². The minimum absolute atomic E-state index is 0.230. The first-order valence-electron chi connectivity index (χ1n) is 4.95. The summed E-state index contributed by atoms with van der Waals surface area (Å²) in [6, 6.07) is 8.73. The molecule has 0 saturated carbocycles. The normalized spacial score (nSPS) is 10.3. The van der Waals surface area contributed by atoms with E-state index in [1.807, 2.05) is 18.2 Å². The Hall–Kier alpha value is -0.940. The highest BCUT2D eigenvalue weighted by molar-refractivity contribution is 9.10. The van der Waals surface area contributed by atoms with Crippen LogP contribution >= 0.6 is 31.9 Å². The van der Waals surface area contributed by atoms with Crippen molar-refractivity contribution >= 4 is 37.5 Å². The summed E-state index contributed by atoms with van der Waals surface area (Å²) in [6.07, 6.45) is 1.69. The number of benzene rings is 1. The van der Waals surface area contributed by atoms with Crippen LogP contribution in [0.1, 0.15) is 5.56 Å². The van der Waals surface area contributed by atoms with E-state index in [9.17, 15) is 4.39 Å². The molecule has 1 aromatic carbocycles. The molecule has 17 heavy (non-hydrogen) atoms. The van der Waals surface area contributed by atoms with Gasteiger partial charge in [-0.2, -0.15) is 0 Å². The molecule has 0 saturated heterocycles. The predicted octanol–water partition coefficient (Wildman–Crippen LogP) is 4.36. The van der Waals surface area contributed by atoms with Crippen molar-refractivity contribution in [2.45, 2.75) is 6.54 Å². The standard InChI is InChI=1S/C12H9Br2FN2/c13-9-4-3-8(10(15)6-9)7-17-11-2-1-5-16-12(11)14/h1-6,17H,7H2. The van der Waals surface area contributed by atoms with E-state index in [2.05, 4.69) is 42.2 Å². The second-order valence-corrected chi connectivity index (χ2v) is 5.10. The maximum absolute atomic E-state index is 13.6. The Balaban J connectivity index is 2.10. The van der Waals surface area contributed by atoms with Crippen LogP contribution in [0.25, 0.3) is 0 Å². The molecule has 1 N–H and O–H groups in total. The van der Waals surface area contributed by atoms with Gasteiger partial charge in [-0.15, -0.1) is 0 Å². The van der Waals surface area contributed by atoms with E-state index in [1.165, 1.54) is 6.07 Å². The van der Waals surface area contributed by atoms with Crippen LogP contribution in [0.5, 0.6) is 0 Å². The zero-order valence-electron chi connectivity index (χ0n) is 8.75. The number of nitrogens with zero attached hydrogens (tertiary/aromatic N) is 1. The highest BCUT2D eigenvalue weighted by Gasteiger charge is 2.04. The highest BCUT2D eigenvalue weighted by Crippen LogP contribution is 2.20. The second-order valence-electron chi connectivity index (χ2n) is 3.43. The number of anilines is 1. The number of hydrogen-bond donors (Lipinski definition) is 1. The van der Waals surface area contributed by atoms with Gasteiger partial charge in [0.05, 0.1) is 5.69 Å². The zero-order chi connectivity index (χ0) is 12.3. The molecule has 0 unspecified atom stereocenters. The van der Waals surface area contributed by atoms with Gasteiger partial charge in [-0.25, -0.2) is 9.37 Å². The highest BCUT2D eigenvalue weighted by atomic mass is 79.9. The molecular weight excluding hydrogens is 351 g/mol. The van der Waals surface area contributed by atoms with Crippen molar-refractivity contribution in [1.29, 1.82) is 0 Å². The number of hydrogen-bond acceptors (Lipinski definition) is 2. The van der Waals surface area contributed by atoms with Crippen molar-refractivity contribution in [3.63, 3.8) is 0 Å². The Morgan fingerprint density at radius 1 is 1.24 bits per heavy atom. The largest absolute Gasteiger partial charge is 0.379 e. The molecule has 2 nitrogen and oxygen atoms in total. The van der Waals surface area contributed by atoms with Crippen LogP contribution < -0.4 is 5.32 Å². The van der Waals surface area contributed by atoms with E-state index in [-0.39, 0.29) is 5.82 Å². The maximum atomic E-state index is 13.6. The monoisotopic (exact) mass is 358 g/mol. The van der Waals surface area contributed by atoms with Crippen molar-refractivity contribution in [2.24, 2.45) is 0 Å². The molecule has 0 amide bonds. The van der Waals surface area contributed by atoms with Crippen LogP contribution in [-0.2, 0) is 6.54 Å². The first kappa shape index (κ1) is 12.5. The Bertz CT molecular complexity index is 532. The molecule has 2 rings (SSSR count). The van der Waals surface area contributed by atoms with E-state index in [0.717, 1.165) is 14.8 Å². The van der Waals surface area contributed by atoms with Gasteiger partial charge in [-0.1, -0.05) is 22.0 Å². The predicted molar refractivity (Wildman–Crippen MR) is 73.4 cm³/mol. The van der Waals surface area contributed by atoms with Gasteiger partial charge >= 0.3 is 0 Å². The lowest BCUT2D eigenvalue weighted by Crippen LogP contribution is -2.02. The number of aromatic nitrogens is 1. The van der Waals surface area contributed by atoms with E-state index in [0.29, 0.717) is 12.1 Å². The number of pyridine rings is 1. The van der Waals surface area contributed by atoms with Gasteiger partial charge in [0.2, 0.25) is 0 Å². The summed E-state index contributed by atoms with van der Waals surface area (Å²) in [5.74, 6) is -0.230. The lowest BCUT2D eigenvalue weighted by molar-refractivity contribution is 0.612. The molecule has 88 valence electrons. The van der Waals surface area contributed by atoms with Crippen molar-refractivity contribution in [3.8, 4) is 0 Å². The van der Waals surface area contributed by atoms with Crippen LogP contribution in [-0.4, -0.2) is 4.98 Å². The van der Waals surface area contributed by atoms with Crippen molar-refractivity contribution in [1.82, 2.24) is 4.98 Å². The molecule has 0 bridgehead atoms. The van der Waals surface area contributed by atoms with Crippen LogP contribution in [0.4, 0.5) is 10.1 Å². The minimum atomic E-state index is -0.230. The first-order chi connectivity index (χ1) is 8.16. The molecule has 0 radical (unpaired) electrons. The molecule has 0 spiro atoms. The fourth-order valence-corrected chi connectivity index (χ4v) is 2.10. The molecule has 0 fully saturated rings. The van der Waals surface area contributed by atoms with Crippen LogP contribution in [0, 0.1) is 5.82 Å². The summed E-state index contributed by atoms with van der Waals surface area (Å²) in [5.41, 5.74) is 1.46. The average molecular weight is 360 g/mol. The van der Waals surface area contributed by atoms with Gasteiger partial charge in [-0.05, 0) is 40.2 Å². The minimum Gasteiger partial charge on any atom is -0.379 e. The average Bonchev–Trinajstić information content (AvgIpc) is 2.30. The van der Waals surface area contributed by atoms with Gasteiger partial charge in [0, 0.05) is 22.8 Å². The summed E-state index contributed by atoms with van der Waals surface area (Å²) in [5, 5.41) is 3.12. The summed E-state index contributed by atoms with van der Waals surface area (Å²) in [6.45, 7) is 0.420. The molecule has 0 aliphatic rings. The Kier molecular flexibility index (Phi) is 4.12.